The number of halogens is 1. The molecule has 0 aliphatic heterocycles. The Morgan fingerprint density at radius 2 is 2.24 bits per heavy atom. The molecular weight excluding hydrogens is 258 g/mol. The van der Waals surface area contributed by atoms with Crippen LogP contribution in [-0.2, 0) is 0 Å². The second kappa shape index (κ2) is 5.16. The molecule has 88 valence electrons. The molecule has 2 rings (SSSR count). The fourth-order valence-corrected chi connectivity index (χ4v) is 2.05. The quantitative estimate of drug-likeness (QED) is 0.899. The van der Waals surface area contributed by atoms with Gasteiger partial charge in [-0.25, -0.2) is 4.98 Å². The van der Waals surface area contributed by atoms with E-state index in [4.69, 9.17) is 11.6 Å². The Morgan fingerprint density at radius 3 is 2.88 bits per heavy atom. The first-order chi connectivity index (χ1) is 8.20. The Bertz CT molecular complexity index is 528. The molecule has 0 aliphatic carbocycles. The summed E-state index contributed by atoms with van der Waals surface area (Å²) in [7, 11) is 1.73. The summed E-state index contributed by atoms with van der Waals surface area (Å²) < 4.78 is 0. The van der Waals surface area contributed by atoms with Gasteiger partial charge in [0.2, 0.25) is 0 Å². The predicted molar refractivity (Wildman–Crippen MR) is 71.1 cm³/mol. The maximum absolute atomic E-state index is 11.9. The van der Waals surface area contributed by atoms with E-state index in [9.17, 15) is 4.79 Å². The number of amides is 1. The summed E-state index contributed by atoms with van der Waals surface area (Å²) in [6.45, 7) is 0. The summed E-state index contributed by atoms with van der Waals surface area (Å²) in [6, 6.07) is 5.17. The molecule has 0 unspecified atom stereocenters. The third kappa shape index (κ3) is 2.75. The highest BCUT2D eigenvalue weighted by atomic mass is 35.5. The van der Waals surface area contributed by atoms with E-state index in [0.717, 1.165) is 5.69 Å². The van der Waals surface area contributed by atoms with Gasteiger partial charge in [-0.3, -0.25) is 4.79 Å². The Kier molecular flexibility index (Phi) is 3.61. The van der Waals surface area contributed by atoms with Crippen molar-refractivity contribution in [3.05, 3.63) is 39.7 Å². The first-order valence-corrected chi connectivity index (χ1v) is 6.20. The van der Waals surface area contributed by atoms with Crippen LogP contribution in [0.5, 0.6) is 0 Å². The molecular formula is C11H10ClN3OS. The number of carbonyl (C=O) groups excluding carboxylic acids is 1. The average Bonchev–Trinajstić information content (AvgIpc) is 2.82. The lowest BCUT2D eigenvalue weighted by molar-refractivity contribution is 0.102. The number of pyridine rings is 1. The van der Waals surface area contributed by atoms with Crippen molar-refractivity contribution in [1.29, 1.82) is 0 Å². The zero-order valence-corrected chi connectivity index (χ0v) is 10.6. The van der Waals surface area contributed by atoms with Gasteiger partial charge in [-0.15, -0.1) is 0 Å². The molecule has 2 heterocycles. The Balaban J connectivity index is 2.24. The number of aromatic nitrogens is 1. The first kappa shape index (κ1) is 11.9. The molecule has 6 heteroatoms. The van der Waals surface area contributed by atoms with Gasteiger partial charge in [0.15, 0.2) is 0 Å². The average molecular weight is 268 g/mol. The molecule has 0 atom stereocenters. The van der Waals surface area contributed by atoms with Crippen LogP contribution >= 0.6 is 22.9 Å². The van der Waals surface area contributed by atoms with Crippen LogP contribution in [0.1, 0.15) is 10.5 Å². The van der Waals surface area contributed by atoms with Crippen LogP contribution in [0.4, 0.5) is 11.5 Å². The van der Waals surface area contributed by atoms with Crippen molar-refractivity contribution in [1.82, 2.24) is 4.98 Å². The van der Waals surface area contributed by atoms with Crippen molar-refractivity contribution in [2.75, 3.05) is 17.7 Å². The molecule has 0 fully saturated rings. The highest BCUT2D eigenvalue weighted by Crippen LogP contribution is 2.19. The normalized spacial score (nSPS) is 10.0. The zero-order valence-electron chi connectivity index (χ0n) is 9.03. The molecule has 0 saturated heterocycles. The van der Waals surface area contributed by atoms with Crippen LogP contribution in [0.3, 0.4) is 0 Å². The molecule has 0 radical (unpaired) electrons. The van der Waals surface area contributed by atoms with E-state index < -0.39 is 0 Å². The standard InChI is InChI=1S/C11H10ClN3OS/c1-13-9-3-2-8(12)10(15-9)11(16)14-7-4-5-17-6-7/h2-6H,1H3,(H,13,15)(H,14,16). The van der Waals surface area contributed by atoms with E-state index in [1.165, 1.54) is 11.3 Å². The summed E-state index contributed by atoms with van der Waals surface area (Å²) in [5.74, 6) is 0.287. The van der Waals surface area contributed by atoms with Gasteiger partial charge in [0, 0.05) is 12.4 Å². The molecule has 0 aromatic carbocycles. The lowest BCUT2D eigenvalue weighted by Gasteiger charge is -2.06. The van der Waals surface area contributed by atoms with Crippen LogP contribution < -0.4 is 10.6 Å². The van der Waals surface area contributed by atoms with Gasteiger partial charge in [-0.2, -0.15) is 11.3 Å². The van der Waals surface area contributed by atoms with Crippen molar-refractivity contribution in [2.24, 2.45) is 0 Å². The van der Waals surface area contributed by atoms with Crippen LogP contribution in [0.2, 0.25) is 5.02 Å². The number of carbonyl (C=O) groups is 1. The summed E-state index contributed by atoms with van der Waals surface area (Å²) in [6.07, 6.45) is 0. The van der Waals surface area contributed by atoms with Crippen LogP contribution in [0, 0.1) is 0 Å². The summed E-state index contributed by atoms with van der Waals surface area (Å²) in [5, 5.41) is 9.64. The molecule has 4 nitrogen and oxygen atoms in total. The van der Waals surface area contributed by atoms with Crippen molar-refractivity contribution in [3.63, 3.8) is 0 Å². The van der Waals surface area contributed by atoms with Gasteiger partial charge < -0.3 is 10.6 Å². The minimum absolute atomic E-state index is 0.213. The molecule has 0 saturated carbocycles. The fraction of sp³-hybridized carbons (Fsp3) is 0.0909. The largest absolute Gasteiger partial charge is 0.373 e. The minimum atomic E-state index is -0.314. The first-order valence-electron chi connectivity index (χ1n) is 4.88. The van der Waals surface area contributed by atoms with Crippen molar-refractivity contribution in [3.8, 4) is 0 Å². The van der Waals surface area contributed by atoms with Crippen LogP contribution in [0.25, 0.3) is 0 Å². The third-order valence-corrected chi connectivity index (χ3v) is 3.08. The number of hydrogen-bond acceptors (Lipinski definition) is 4. The molecule has 2 aromatic rings. The molecule has 2 N–H and O–H groups in total. The number of thiophene rings is 1. The molecule has 1 amide bonds. The molecule has 0 spiro atoms. The second-order valence-corrected chi connectivity index (χ2v) is 4.43. The Morgan fingerprint density at radius 1 is 1.41 bits per heavy atom. The van der Waals surface area contributed by atoms with E-state index in [1.54, 1.807) is 19.2 Å². The SMILES string of the molecule is CNc1ccc(Cl)c(C(=O)Nc2ccsc2)n1. The van der Waals surface area contributed by atoms with Gasteiger partial charge in [0.25, 0.3) is 5.91 Å². The van der Waals surface area contributed by atoms with Gasteiger partial charge in [0.05, 0.1) is 10.7 Å². The second-order valence-electron chi connectivity index (χ2n) is 3.24. The van der Waals surface area contributed by atoms with E-state index in [1.807, 2.05) is 16.8 Å². The van der Waals surface area contributed by atoms with Crippen molar-refractivity contribution >= 4 is 40.4 Å². The summed E-state index contributed by atoms with van der Waals surface area (Å²) >= 11 is 7.45. The number of nitrogens with one attached hydrogen (secondary N) is 2. The smallest absolute Gasteiger partial charge is 0.275 e. The van der Waals surface area contributed by atoms with Crippen molar-refractivity contribution < 1.29 is 4.79 Å². The van der Waals surface area contributed by atoms with Crippen LogP contribution in [0.15, 0.2) is 29.0 Å². The molecule has 2 aromatic heterocycles. The van der Waals surface area contributed by atoms with Gasteiger partial charge in [-0.05, 0) is 23.6 Å². The lowest BCUT2D eigenvalue weighted by atomic mass is 10.3. The van der Waals surface area contributed by atoms with E-state index in [-0.39, 0.29) is 11.6 Å². The monoisotopic (exact) mass is 267 g/mol. The molecule has 0 aliphatic rings. The molecule has 17 heavy (non-hydrogen) atoms. The topological polar surface area (TPSA) is 54.0 Å². The number of hydrogen-bond donors (Lipinski definition) is 2. The Hall–Kier alpha value is -1.59. The Labute approximate surface area is 108 Å². The number of anilines is 2. The van der Waals surface area contributed by atoms with Crippen molar-refractivity contribution in [2.45, 2.75) is 0 Å². The minimum Gasteiger partial charge on any atom is -0.373 e. The number of rotatable bonds is 3. The highest BCUT2D eigenvalue weighted by Gasteiger charge is 2.13. The fourth-order valence-electron chi connectivity index (χ4n) is 1.27. The van der Waals surface area contributed by atoms with Gasteiger partial charge in [0.1, 0.15) is 11.5 Å². The molecule has 0 bridgehead atoms. The summed E-state index contributed by atoms with van der Waals surface area (Å²) in [5.41, 5.74) is 0.956. The summed E-state index contributed by atoms with van der Waals surface area (Å²) in [4.78, 5) is 16.0. The number of nitrogens with zero attached hydrogens (tertiary/aromatic N) is 1. The maximum atomic E-state index is 11.9. The predicted octanol–water partition coefficient (Wildman–Crippen LogP) is 3.09. The third-order valence-electron chi connectivity index (χ3n) is 2.10. The highest BCUT2D eigenvalue weighted by molar-refractivity contribution is 7.08. The lowest BCUT2D eigenvalue weighted by Crippen LogP contribution is -2.14. The van der Waals surface area contributed by atoms with Crippen LogP contribution in [-0.4, -0.2) is 17.9 Å². The van der Waals surface area contributed by atoms with E-state index in [2.05, 4.69) is 15.6 Å². The maximum Gasteiger partial charge on any atom is 0.275 e. The van der Waals surface area contributed by atoms with E-state index in [0.29, 0.717) is 10.8 Å². The van der Waals surface area contributed by atoms with E-state index >= 15 is 0 Å². The van der Waals surface area contributed by atoms with Gasteiger partial charge >= 0.3 is 0 Å². The van der Waals surface area contributed by atoms with Gasteiger partial charge in [-0.1, -0.05) is 11.6 Å². The zero-order chi connectivity index (χ0) is 12.3.